The van der Waals surface area contributed by atoms with Crippen molar-refractivity contribution in [1.29, 1.82) is 0 Å². The molecule has 0 aromatic rings. The van der Waals surface area contributed by atoms with Gasteiger partial charge in [-0.3, -0.25) is 14.4 Å². The average Bonchev–Trinajstić information content (AvgIpc) is 3.36. The van der Waals surface area contributed by atoms with Crippen LogP contribution in [-0.4, -0.2) is 37.2 Å². The van der Waals surface area contributed by atoms with E-state index in [1.54, 1.807) is 0 Å². The maximum absolute atomic E-state index is 12.8. The molecule has 1 atom stereocenters. The summed E-state index contributed by atoms with van der Waals surface area (Å²) in [7, 11) is 0. The number of carbonyl (C=O) groups excluding carboxylic acids is 3. The lowest BCUT2D eigenvalue weighted by Gasteiger charge is -2.18. The van der Waals surface area contributed by atoms with Gasteiger partial charge >= 0.3 is 17.9 Å². The van der Waals surface area contributed by atoms with Crippen LogP contribution in [0.4, 0.5) is 0 Å². The summed E-state index contributed by atoms with van der Waals surface area (Å²) in [5.74, 6) is -0.857. The van der Waals surface area contributed by atoms with Crippen LogP contribution >= 0.6 is 0 Å². The molecule has 0 N–H and O–H groups in total. The van der Waals surface area contributed by atoms with Crippen LogP contribution in [0.2, 0.25) is 0 Å². The summed E-state index contributed by atoms with van der Waals surface area (Å²) in [5, 5.41) is 0. The minimum absolute atomic E-state index is 0.0667. The van der Waals surface area contributed by atoms with E-state index in [4.69, 9.17) is 14.2 Å². The second-order valence-electron chi connectivity index (χ2n) is 21.7. The Labute approximate surface area is 437 Å². The standard InChI is InChI=1S/C64H122O6/c1-4-7-10-13-16-18-20-22-24-26-28-29-30-31-32-33-34-35-36-37-39-40-42-44-46-48-51-54-57-63(66)69-60-61(59-68-62(65)56-53-50-15-12-9-6-3)70-64(67)58-55-52-49-47-45-43-41-38-27-25-23-21-19-17-14-11-8-5-2/h25,27,61H,4-24,26,28-60H2,1-3H3/b27-25-. The molecule has 6 nitrogen and oxygen atoms in total. The third kappa shape index (κ3) is 57.1. The summed E-state index contributed by atoms with van der Waals surface area (Å²) in [6.45, 7) is 6.64. The molecule has 0 aliphatic carbocycles. The summed E-state index contributed by atoms with van der Waals surface area (Å²) in [4.78, 5) is 37.9. The van der Waals surface area contributed by atoms with E-state index in [1.807, 2.05) is 0 Å². The molecular formula is C64H122O6. The first-order valence-electron chi connectivity index (χ1n) is 31.7. The normalized spacial score (nSPS) is 12.0. The molecule has 0 aliphatic rings. The van der Waals surface area contributed by atoms with Crippen LogP contribution in [-0.2, 0) is 28.6 Å². The second kappa shape index (κ2) is 59.7. The molecule has 70 heavy (non-hydrogen) atoms. The molecule has 0 aliphatic heterocycles. The van der Waals surface area contributed by atoms with Gasteiger partial charge in [0.1, 0.15) is 13.2 Å². The summed E-state index contributed by atoms with van der Waals surface area (Å²) >= 11 is 0. The van der Waals surface area contributed by atoms with Gasteiger partial charge in [-0.05, 0) is 44.9 Å². The highest BCUT2D eigenvalue weighted by molar-refractivity contribution is 5.71. The summed E-state index contributed by atoms with van der Waals surface area (Å²) in [5.41, 5.74) is 0. The Bertz CT molecular complexity index is 1090. The van der Waals surface area contributed by atoms with Crippen molar-refractivity contribution in [3.05, 3.63) is 12.2 Å². The Kier molecular flexibility index (Phi) is 58.1. The zero-order chi connectivity index (χ0) is 50.7. The number of ether oxygens (including phenoxy) is 3. The van der Waals surface area contributed by atoms with Gasteiger partial charge in [0.25, 0.3) is 0 Å². The van der Waals surface area contributed by atoms with E-state index >= 15 is 0 Å². The molecule has 0 amide bonds. The van der Waals surface area contributed by atoms with E-state index in [9.17, 15) is 14.4 Å². The summed E-state index contributed by atoms with van der Waals surface area (Å²) < 4.78 is 16.8. The minimum atomic E-state index is -0.766. The minimum Gasteiger partial charge on any atom is -0.462 e. The number of carbonyl (C=O) groups is 3. The van der Waals surface area contributed by atoms with Crippen LogP contribution in [0.5, 0.6) is 0 Å². The topological polar surface area (TPSA) is 78.9 Å². The van der Waals surface area contributed by atoms with Crippen molar-refractivity contribution in [3.63, 3.8) is 0 Å². The lowest BCUT2D eigenvalue weighted by Crippen LogP contribution is -2.30. The average molecular weight is 988 g/mol. The Morgan fingerprint density at radius 3 is 0.714 bits per heavy atom. The predicted molar refractivity (Wildman–Crippen MR) is 303 cm³/mol. The van der Waals surface area contributed by atoms with Crippen LogP contribution in [0.15, 0.2) is 12.2 Å². The van der Waals surface area contributed by atoms with E-state index in [-0.39, 0.29) is 31.1 Å². The van der Waals surface area contributed by atoms with Crippen LogP contribution in [0, 0.1) is 0 Å². The van der Waals surface area contributed by atoms with Crippen molar-refractivity contribution in [1.82, 2.24) is 0 Å². The van der Waals surface area contributed by atoms with E-state index in [2.05, 4.69) is 32.9 Å². The maximum Gasteiger partial charge on any atom is 0.306 e. The molecule has 0 fully saturated rings. The fraction of sp³-hybridized carbons (Fsp3) is 0.922. The van der Waals surface area contributed by atoms with E-state index in [0.29, 0.717) is 19.3 Å². The monoisotopic (exact) mass is 987 g/mol. The first kappa shape index (κ1) is 68.2. The Morgan fingerprint density at radius 1 is 0.271 bits per heavy atom. The third-order valence-electron chi connectivity index (χ3n) is 14.5. The largest absolute Gasteiger partial charge is 0.462 e. The molecule has 0 radical (unpaired) electrons. The maximum atomic E-state index is 12.8. The fourth-order valence-electron chi connectivity index (χ4n) is 9.74. The molecule has 0 saturated heterocycles. The smallest absolute Gasteiger partial charge is 0.306 e. The highest BCUT2D eigenvalue weighted by atomic mass is 16.6. The van der Waals surface area contributed by atoms with Gasteiger partial charge in [-0.1, -0.05) is 309 Å². The summed E-state index contributed by atoms with van der Waals surface area (Å²) in [6.07, 6.45) is 69.8. The molecule has 0 heterocycles. The zero-order valence-electron chi connectivity index (χ0n) is 47.6. The van der Waals surface area contributed by atoms with E-state index in [0.717, 1.165) is 57.8 Å². The van der Waals surface area contributed by atoms with Crippen LogP contribution in [0.25, 0.3) is 0 Å². The van der Waals surface area contributed by atoms with Crippen LogP contribution in [0.1, 0.15) is 361 Å². The molecule has 1 unspecified atom stereocenters. The van der Waals surface area contributed by atoms with E-state index in [1.165, 1.54) is 263 Å². The summed E-state index contributed by atoms with van der Waals surface area (Å²) in [6, 6.07) is 0. The molecule has 0 aromatic heterocycles. The van der Waals surface area contributed by atoms with Crippen molar-refractivity contribution in [3.8, 4) is 0 Å². The van der Waals surface area contributed by atoms with Crippen molar-refractivity contribution in [2.45, 2.75) is 367 Å². The van der Waals surface area contributed by atoms with Crippen molar-refractivity contribution < 1.29 is 28.6 Å². The molecule has 0 aromatic carbocycles. The number of esters is 3. The van der Waals surface area contributed by atoms with Gasteiger partial charge in [0.2, 0.25) is 0 Å². The highest BCUT2D eigenvalue weighted by Crippen LogP contribution is 2.18. The van der Waals surface area contributed by atoms with Crippen molar-refractivity contribution >= 4 is 17.9 Å². The van der Waals surface area contributed by atoms with Gasteiger partial charge < -0.3 is 14.2 Å². The van der Waals surface area contributed by atoms with E-state index < -0.39 is 6.10 Å². The number of rotatable bonds is 59. The molecule has 414 valence electrons. The lowest BCUT2D eigenvalue weighted by molar-refractivity contribution is -0.167. The molecule has 0 spiro atoms. The van der Waals surface area contributed by atoms with Gasteiger partial charge in [0.05, 0.1) is 0 Å². The van der Waals surface area contributed by atoms with Crippen molar-refractivity contribution in [2.75, 3.05) is 13.2 Å². The van der Waals surface area contributed by atoms with Gasteiger partial charge in [-0.15, -0.1) is 0 Å². The van der Waals surface area contributed by atoms with Gasteiger partial charge in [0, 0.05) is 19.3 Å². The van der Waals surface area contributed by atoms with Crippen molar-refractivity contribution in [2.24, 2.45) is 0 Å². The molecule has 0 bridgehead atoms. The third-order valence-corrected chi connectivity index (χ3v) is 14.5. The Hall–Kier alpha value is -1.85. The van der Waals surface area contributed by atoms with Crippen LogP contribution < -0.4 is 0 Å². The Morgan fingerprint density at radius 2 is 0.471 bits per heavy atom. The first-order chi connectivity index (χ1) is 34.5. The molecule has 6 heteroatoms. The quantitative estimate of drug-likeness (QED) is 0.0261. The zero-order valence-corrected chi connectivity index (χ0v) is 47.6. The number of allylic oxidation sites excluding steroid dienone is 2. The Balaban J connectivity index is 3.98. The number of hydrogen-bond acceptors (Lipinski definition) is 6. The molecular weight excluding hydrogens is 865 g/mol. The number of hydrogen-bond donors (Lipinski definition) is 0. The fourth-order valence-corrected chi connectivity index (χ4v) is 9.74. The lowest BCUT2D eigenvalue weighted by atomic mass is 10.0. The molecule has 0 saturated carbocycles. The highest BCUT2D eigenvalue weighted by Gasteiger charge is 2.19. The van der Waals surface area contributed by atoms with Crippen LogP contribution in [0.3, 0.4) is 0 Å². The first-order valence-corrected chi connectivity index (χ1v) is 31.7. The van der Waals surface area contributed by atoms with Gasteiger partial charge in [-0.25, -0.2) is 0 Å². The van der Waals surface area contributed by atoms with Gasteiger partial charge in [-0.2, -0.15) is 0 Å². The molecule has 0 rings (SSSR count). The predicted octanol–water partition coefficient (Wildman–Crippen LogP) is 21.3. The number of unbranched alkanes of at least 4 members (excludes halogenated alkanes) is 46. The second-order valence-corrected chi connectivity index (χ2v) is 21.7. The SMILES string of the molecule is CCCCCCCCC/C=C\CCCCCCCCCC(=O)OC(COC(=O)CCCCCCCC)COC(=O)CCCCCCCCCCCCCCCCCCCCCCCCCCCCCC. The van der Waals surface area contributed by atoms with Gasteiger partial charge in [0.15, 0.2) is 6.10 Å².